The van der Waals surface area contributed by atoms with Crippen LogP contribution in [-0.4, -0.2) is 5.11 Å². The normalized spacial score (nSPS) is 13.4. The van der Waals surface area contributed by atoms with Gasteiger partial charge in [-0.25, -0.2) is 0 Å². The number of fused-ring (bicyclic) bond motifs is 1. The lowest BCUT2D eigenvalue weighted by Crippen LogP contribution is -1.93. The molecule has 2 rings (SSSR count). The molecule has 1 aromatic carbocycles. The maximum Gasteiger partial charge on any atom is 0.0787 e. The molecule has 0 aliphatic carbocycles. The zero-order valence-corrected chi connectivity index (χ0v) is 8.34. The molecule has 0 bridgehead atoms. The summed E-state index contributed by atoms with van der Waals surface area (Å²) in [5.74, 6) is 0. The highest BCUT2D eigenvalue weighted by atomic mass is 32.1. The van der Waals surface area contributed by atoms with E-state index in [1.807, 2.05) is 13.0 Å². The molecule has 68 valence electrons. The van der Waals surface area contributed by atoms with Gasteiger partial charge in [-0.05, 0) is 40.9 Å². The summed E-state index contributed by atoms with van der Waals surface area (Å²) in [7, 11) is 0. The molecule has 0 unspecified atom stereocenters. The smallest absolute Gasteiger partial charge is 0.0787 e. The highest BCUT2D eigenvalue weighted by Gasteiger charge is 2.05. The summed E-state index contributed by atoms with van der Waals surface area (Å²) in [6.07, 6.45) is 0.458. The van der Waals surface area contributed by atoms with E-state index in [1.165, 1.54) is 10.1 Å². The molecule has 1 heterocycles. The molecule has 0 aliphatic rings. The molecule has 1 aromatic heterocycles. The molecule has 0 fully saturated rings. The zero-order valence-electron chi connectivity index (χ0n) is 7.53. The number of aliphatic hydroxyl groups is 1. The van der Waals surface area contributed by atoms with Gasteiger partial charge in [-0.2, -0.15) is 0 Å². The SMILES string of the molecule is CC[C@@H](O)c1ccc2sccc2c1. The minimum atomic E-state index is -0.315. The number of hydrogen-bond acceptors (Lipinski definition) is 2. The highest BCUT2D eigenvalue weighted by molar-refractivity contribution is 7.17. The molecule has 0 saturated heterocycles. The molecular weight excluding hydrogens is 180 g/mol. The Morgan fingerprint density at radius 1 is 1.38 bits per heavy atom. The van der Waals surface area contributed by atoms with E-state index in [0.29, 0.717) is 0 Å². The summed E-state index contributed by atoms with van der Waals surface area (Å²) >= 11 is 1.73. The van der Waals surface area contributed by atoms with Crippen molar-refractivity contribution in [3.8, 4) is 0 Å². The van der Waals surface area contributed by atoms with Gasteiger partial charge in [0.2, 0.25) is 0 Å². The quantitative estimate of drug-likeness (QED) is 0.773. The maximum atomic E-state index is 9.63. The van der Waals surface area contributed by atoms with Crippen molar-refractivity contribution in [2.24, 2.45) is 0 Å². The van der Waals surface area contributed by atoms with Crippen LogP contribution in [0.1, 0.15) is 25.0 Å². The average molecular weight is 192 g/mol. The first-order chi connectivity index (χ1) is 6.31. The lowest BCUT2D eigenvalue weighted by molar-refractivity contribution is 0.174. The third-order valence-electron chi connectivity index (χ3n) is 2.25. The fourth-order valence-electron chi connectivity index (χ4n) is 1.43. The largest absolute Gasteiger partial charge is 0.388 e. The van der Waals surface area contributed by atoms with Gasteiger partial charge in [-0.3, -0.25) is 0 Å². The van der Waals surface area contributed by atoms with Crippen molar-refractivity contribution in [2.75, 3.05) is 0 Å². The van der Waals surface area contributed by atoms with Crippen molar-refractivity contribution in [1.29, 1.82) is 0 Å². The molecule has 0 saturated carbocycles. The Balaban J connectivity index is 2.48. The van der Waals surface area contributed by atoms with Crippen LogP contribution in [-0.2, 0) is 0 Å². The van der Waals surface area contributed by atoms with Gasteiger partial charge in [0.15, 0.2) is 0 Å². The minimum Gasteiger partial charge on any atom is -0.388 e. The average Bonchev–Trinajstić information content (AvgIpc) is 2.63. The van der Waals surface area contributed by atoms with Gasteiger partial charge in [-0.15, -0.1) is 11.3 Å². The van der Waals surface area contributed by atoms with Crippen LogP contribution >= 0.6 is 11.3 Å². The van der Waals surface area contributed by atoms with Crippen LogP contribution in [0.2, 0.25) is 0 Å². The Morgan fingerprint density at radius 2 is 2.23 bits per heavy atom. The van der Waals surface area contributed by atoms with Crippen molar-refractivity contribution < 1.29 is 5.11 Å². The first-order valence-corrected chi connectivity index (χ1v) is 5.34. The van der Waals surface area contributed by atoms with Crippen LogP contribution in [0.25, 0.3) is 10.1 Å². The lowest BCUT2D eigenvalue weighted by atomic mass is 10.1. The van der Waals surface area contributed by atoms with Crippen molar-refractivity contribution >= 4 is 21.4 Å². The Kier molecular flexibility index (Phi) is 2.34. The van der Waals surface area contributed by atoms with Crippen molar-refractivity contribution in [1.82, 2.24) is 0 Å². The van der Waals surface area contributed by atoms with E-state index in [-0.39, 0.29) is 6.10 Å². The third-order valence-corrected chi connectivity index (χ3v) is 3.15. The molecular formula is C11H12OS. The van der Waals surface area contributed by atoms with E-state index in [9.17, 15) is 5.11 Å². The summed E-state index contributed by atoms with van der Waals surface area (Å²) in [6, 6.07) is 8.24. The fraction of sp³-hybridized carbons (Fsp3) is 0.273. The standard InChI is InChI=1S/C11H12OS/c1-2-10(12)8-3-4-11-9(7-8)5-6-13-11/h3-7,10,12H,2H2,1H3/t10-/m1/s1. The number of benzene rings is 1. The van der Waals surface area contributed by atoms with Crippen LogP contribution in [0.15, 0.2) is 29.6 Å². The summed E-state index contributed by atoms with van der Waals surface area (Å²) in [4.78, 5) is 0. The van der Waals surface area contributed by atoms with Crippen LogP contribution in [0.5, 0.6) is 0 Å². The van der Waals surface area contributed by atoms with Crippen LogP contribution in [0.3, 0.4) is 0 Å². The predicted molar refractivity (Wildman–Crippen MR) is 57.1 cm³/mol. The molecule has 1 nitrogen and oxygen atoms in total. The van der Waals surface area contributed by atoms with E-state index < -0.39 is 0 Å². The summed E-state index contributed by atoms with van der Waals surface area (Å²) < 4.78 is 1.28. The first-order valence-electron chi connectivity index (χ1n) is 4.46. The van der Waals surface area contributed by atoms with Crippen LogP contribution < -0.4 is 0 Å². The lowest BCUT2D eigenvalue weighted by Gasteiger charge is -2.07. The Hall–Kier alpha value is -0.860. The molecule has 0 spiro atoms. The summed E-state index contributed by atoms with van der Waals surface area (Å²) in [5.41, 5.74) is 1.02. The summed E-state index contributed by atoms with van der Waals surface area (Å²) in [5, 5.41) is 12.9. The Morgan fingerprint density at radius 3 is 3.00 bits per heavy atom. The highest BCUT2D eigenvalue weighted by Crippen LogP contribution is 2.25. The first kappa shape index (κ1) is 8.73. The molecule has 2 aromatic rings. The third kappa shape index (κ3) is 1.60. The van der Waals surface area contributed by atoms with Gasteiger partial charge < -0.3 is 5.11 Å². The molecule has 0 amide bonds. The monoisotopic (exact) mass is 192 g/mol. The molecule has 1 atom stereocenters. The number of rotatable bonds is 2. The summed E-state index contributed by atoms with van der Waals surface area (Å²) in [6.45, 7) is 1.99. The second kappa shape index (κ2) is 3.48. The second-order valence-corrected chi connectivity index (χ2v) is 4.09. The van der Waals surface area contributed by atoms with Gasteiger partial charge in [0.25, 0.3) is 0 Å². The second-order valence-electron chi connectivity index (χ2n) is 3.14. The topological polar surface area (TPSA) is 20.2 Å². The predicted octanol–water partition coefficient (Wildman–Crippen LogP) is 3.34. The molecule has 2 heteroatoms. The van der Waals surface area contributed by atoms with E-state index in [2.05, 4.69) is 23.6 Å². The van der Waals surface area contributed by atoms with Crippen molar-refractivity contribution in [2.45, 2.75) is 19.4 Å². The number of hydrogen-bond donors (Lipinski definition) is 1. The van der Waals surface area contributed by atoms with Gasteiger partial charge in [0, 0.05) is 4.70 Å². The van der Waals surface area contributed by atoms with Gasteiger partial charge >= 0.3 is 0 Å². The number of thiophene rings is 1. The molecule has 0 aliphatic heterocycles. The van der Waals surface area contributed by atoms with Gasteiger partial charge in [-0.1, -0.05) is 13.0 Å². The molecule has 0 radical (unpaired) electrons. The van der Waals surface area contributed by atoms with Crippen LogP contribution in [0, 0.1) is 0 Å². The van der Waals surface area contributed by atoms with Crippen molar-refractivity contribution in [3.63, 3.8) is 0 Å². The Bertz CT molecular complexity index is 405. The molecule has 1 N–H and O–H groups in total. The van der Waals surface area contributed by atoms with E-state index in [4.69, 9.17) is 0 Å². The molecule has 13 heavy (non-hydrogen) atoms. The van der Waals surface area contributed by atoms with E-state index in [0.717, 1.165) is 12.0 Å². The maximum absolute atomic E-state index is 9.63. The minimum absolute atomic E-state index is 0.315. The number of aliphatic hydroxyl groups excluding tert-OH is 1. The van der Waals surface area contributed by atoms with E-state index >= 15 is 0 Å². The zero-order chi connectivity index (χ0) is 9.26. The van der Waals surface area contributed by atoms with Crippen molar-refractivity contribution in [3.05, 3.63) is 35.2 Å². The van der Waals surface area contributed by atoms with Crippen LogP contribution in [0.4, 0.5) is 0 Å². The van der Waals surface area contributed by atoms with E-state index in [1.54, 1.807) is 11.3 Å². The van der Waals surface area contributed by atoms with Gasteiger partial charge in [0.05, 0.1) is 6.10 Å². The Labute approximate surface area is 81.6 Å². The van der Waals surface area contributed by atoms with Gasteiger partial charge in [0.1, 0.15) is 0 Å². The fourth-order valence-corrected chi connectivity index (χ4v) is 2.20.